The van der Waals surface area contributed by atoms with Gasteiger partial charge in [0.2, 0.25) is 0 Å². The van der Waals surface area contributed by atoms with E-state index in [0.717, 1.165) is 11.3 Å². The van der Waals surface area contributed by atoms with Crippen molar-refractivity contribution in [2.24, 2.45) is 11.3 Å². The van der Waals surface area contributed by atoms with E-state index in [-0.39, 0.29) is 0 Å². The normalized spacial score (nSPS) is 38.1. The zero-order valence-electron chi connectivity index (χ0n) is 9.32. The predicted molar refractivity (Wildman–Crippen MR) is 57.7 cm³/mol. The molecule has 0 saturated heterocycles. The molecule has 74 valence electrons. The molecule has 1 unspecified atom stereocenters. The smallest absolute Gasteiger partial charge is 0.0220 e. The van der Waals surface area contributed by atoms with Gasteiger partial charge in [0.15, 0.2) is 0 Å². The van der Waals surface area contributed by atoms with Crippen LogP contribution >= 0.6 is 0 Å². The molecule has 0 amide bonds. The average molecular weight is 178 g/mol. The van der Waals surface area contributed by atoms with E-state index in [1.54, 1.807) is 11.1 Å². The highest BCUT2D eigenvalue weighted by molar-refractivity contribution is 5.24. The first-order valence-electron chi connectivity index (χ1n) is 5.80. The van der Waals surface area contributed by atoms with Gasteiger partial charge in [0, 0.05) is 0 Å². The Kier molecular flexibility index (Phi) is 2.25. The first kappa shape index (κ1) is 9.30. The molecule has 0 nitrogen and oxygen atoms in total. The van der Waals surface area contributed by atoms with Crippen molar-refractivity contribution >= 4 is 0 Å². The highest BCUT2D eigenvalue weighted by Crippen LogP contribution is 2.58. The van der Waals surface area contributed by atoms with E-state index in [1.165, 1.54) is 38.5 Å². The molecule has 0 aromatic carbocycles. The molecule has 13 heavy (non-hydrogen) atoms. The van der Waals surface area contributed by atoms with E-state index in [9.17, 15) is 0 Å². The molecule has 0 aromatic heterocycles. The van der Waals surface area contributed by atoms with Gasteiger partial charge in [-0.3, -0.25) is 0 Å². The van der Waals surface area contributed by atoms with Gasteiger partial charge in [0.25, 0.3) is 0 Å². The Morgan fingerprint density at radius 3 is 2.54 bits per heavy atom. The number of rotatable bonds is 1. The van der Waals surface area contributed by atoms with Crippen molar-refractivity contribution in [1.82, 2.24) is 0 Å². The summed E-state index contributed by atoms with van der Waals surface area (Å²) >= 11 is 0. The minimum atomic E-state index is 0.785. The Morgan fingerprint density at radius 1 is 1.38 bits per heavy atom. The summed E-state index contributed by atoms with van der Waals surface area (Å²) in [5, 5.41) is 0. The van der Waals surface area contributed by atoms with Crippen LogP contribution in [-0.2, 0) is 0 Å². The van der Waals surface area contributed by atoms with Crippen LogP contribution in [0.2, 0.25) is 0 Å². The molecule has 0 heteroatoms. The van der Waals surface area contributed by atoms with Gasteiger partial charge in [-0.1, -0.05) is 24.5 Å². The highest BCUT2D eigenvalue weighted by atomic mass is 14.5. The summed E-state index contributed by atoms with van der Waals surface area (Å²) in [4.78, 5) is 0. The molecule has 2 fully saturated rings. The van der Waals surface area contributed by atoms with Gasteiger partial charge in [0.05, 0.1) is 0 Å². The Bertz CT molecular complexity index is 222. The lowest BCUT2D eigenvalue weighted by Gasteiger charge is -2.42. The van der Waals surface area contributed by atoms with Crippen molar-refractivity contribution < 1.29 is 0 Å². The minimum Gasteiger partial charge on any atom is -0.0772 e. The van der Waals surface area contributed by atoms with Crippen LogP contribution in [0, 0.1) is 11.3 Å². The Morgan fingerprint density at radius 2 is 2.08 bits per heavy atom. The standard InChI is InChI=1S/C13H22/c1-4-11-5-6-13(7-11)8-12(9-13)10(2)3/h11H,4-9H2,1-3H3. The van der Waals surface area contributed by atoms with Crippen LogP contribution in [0.5, 0.6) is 0 Å². The molecule has 0 bridgehead atoms. The summed E-state index contributed by atoms with van der Waals surface area (Å²) in [7, 11) is 0. The highest BCUT2D eigenvalue weighted by Gasteiger charge is 2.45. The molecule has 0 aromatic rings. The van der Waals surface area contributed by atoms with Crippen molar-refractivity contribution in [3.05, 3.63) is 11.1 Å². The molecule has 2 aliphatic carbocycles. The van der Waals surface area contributed by atoms with E-state index in [2.05, 4.69) is 20.8 Å². The van der Waals surface area contributed by atoms with E-state index in [0.29, 0.717) is 0 Å². The summed E-state index contributed by atoms with van der Waals surface area (Å²) in [6, 6.07) is 0. The topological polar surface area (TPSA) is 0 Å². The maximum absolute atomic E-state index is 2.35. The first-order valence-corrected chi connectivity index (χ1v) is 5.80. The third-order valence-electron chi connectivity index (χ3n) is 4.27. The summed E-state index contributed by atoms with van der Waals surface area (Å²) in [5.74, 6) is 1.05. The second-order valence-corrected chi connectivity index (χ2v) is 5.47. The molecule has 0 radical (unpaired) electrons. The van der Waals surface area contributed by atoms with Gasteiger partial charge in [-0.25, -0.2) is 0 Å². The Balaban J connectivity index is 1.95. The second-order valence-electron chi connectivity index (χ2n) is 5.47. The fourth-order valence-corrected chi connectivity index (χ4v) is 3.20. The van der Waals surface area contributed by atoms with Crippen LogP contribution in [0.3, 0.4) is 0 Å². The molecular weight excluding hydrogens is 156 g/mol. The predicted octanol–water partition coefficient (Wildman–Crippen LogP) is 4.31. The average Bonchev–Trinajstić information content (AvgIpc) is 2.44. The van der Waals surface area contributed by atoms with Crippen LogP contribution < -0.4 is 0 Å². The molecule has 2 aliphatic rings. The van der Waals surface area contributed by atoms with Crippen LogP contribution in [-0.4, -0.2) is 0 Å². The van der Waals surface area contributed by atoms with E-state index in [1.807, 2.05) is 0 Å². The maximum Gasteiger partial charge on any atom is -0.0220 e. The monoisotopic (exact) mass is 178 g/mol. The fraction of sp³-hybridized carbons (Fsp3) is 0.846. The summed E-state index contributed by atoms with van der Waals surface area (Å²) in [5.41, 5.74) is 4.13. The fourth-order valence-electron chi connectivity index (χ4n) is 3.20. The third-order valence-corrected chi connectivity index (χ3v) is 4.27. The quantitative estimate of drug-likeness (QED) is 0.525. The molecule has 0 N–H and O–H groups in total. The Labute approximate surface area is 82.4 Å². The molecule has 0 aliphatic heterocycles. The zero-order valence-corrected chi connectivity index (χ0v) is 9.32. The van der Waals surface area contributed by atoms with Crippen molar-refractivity contribution in [3.63, 3.8) is 0 Å². The van der Waals surface area contributed by atoms with Gasteiger partial charge in [0.1, 0.15) is 0 Å². The summed E-state index contributed by atoms with van der Waals surface area (Å²) in [6.45, 7) is 6.90. The minimum absolute atomic E-state index is 0.785. The molecule has 0 heterocycles. The number of allylic oxidation sites excluding steroid dienone is 2. The van der Waals surface area contributed by atoms with E-state index < -0.39 is 0 Å². The van der Waals surface area contributed by atoms with Crippen molar-refractivity contribution in [2.45, 2.75) is 59.3 Å². The van der Waals surface area contributed by atoms with Crippen LogP contribution in [0.1, 0.15) is 59.3 Å². The van der Waals surface area contributed by atoms with E-state index in [4.69, 9.17) is 0 Å². The molecule has 1 spiro atoms. The molecule has 2 saturated carbocycles. The van der Waals surface area contributed by atoms with Crippen molar-refractivity contribution in [2.75, 3.05) is 0 Å². The van der Waals surface area contributed by atoms with Crippen molar-refractivity contribution in [1.29, 1.82) is 0 Å². The van der Waals surface area contributed by atoms with Gasteiger partial charge in [-0.2, -0.15) is 0 Å². The zero-order chi connectivity index (χ0) is 9.47. The second kappa shape index (κ2) is 3.15. The lowest BCUT2D eigenvalue weighted by atomic mass is 9.63. The van der Waals surface area contributed by atoms with Crippen LogP contribution in [0.4, 0.5) is 0 Å². The SMILES string of the molecule is CCC1CCC2(CC(=C(C)C)C2)C1. The third kappa shape index (κ3) is 1.56. The summed E-state index contributed by atoms with van der Waals surface area (Å²) in [6.07, 6.45) is 8.83. The first-order chi connectivity index (χ1) is 6.15. The maximum atomic E-state index is 2.35. The lowest BCUT2D eigenvalue weighted by Crippen LogP contribution is -2.29. The van der Waals surface area contributed by atoms with E-state index >= 15 is 0 Å². The van der Waals surface area contributed by atoms with Gasteiger partial charge >= 0.3 is 0 Å². The molecular formula is C13H22. The van der Waals surface area contributed by atoms with Crippen molar-refractivity contribution in [3.8, 4) is 0 Å². The van der Waals surface area contributed by atoms with Gasteiger partial charge < -0.3 is 0 Å². The molecule has 1 atom stereocenters. The molecule has 2 rings (SSSR count). The van der Waals surface area contributed by atoms with Crippen LogP contribution in [0.25, 0.3) is 0 Å². The number of hydrogen-bond donors (Lipinski definition) is 0. The van der Waals surface area contributed by atoms with Gasteiger partial charge in [-0.15, -0.1) is 0 Å². The van der Waals surface area contributed by atoms with Gasteiger partial charge in [-0.05, 0) is 57.3 Å². The van der Waals surface area contributed by atoms with Crippen LogP contribution in [0.15, 0.2) is 11.1 Å². The Hall–Kier alpha value is -0.260. The largest absolute Gasteiger partial charge is 0.0772 e. The lowest BCUT2D eigenvalue weighted by molar-refractivity contribution is 0.203. The summed E-state index contributed by atoms with van der Waals surface area (Å²) < 4.78 is 0. The number of hydrogen-bond acceptors (Lipinski definition) is 0.